The van der Waals surface area contributed by atoms with E-state index in [1.807, 2.05) is 0 Å². The molecule has 0 saturated carbocycles. The molecule has 0 bridgehead atoms. The number of hydrogen-bond acceptors (Lipinski definition) is 4. The molecule has 5 nitrogen and oxygen atoms in total. The smallest absolute Gasteiger partial charge is 0.255 e. The molecule has 1 amide bonds. The summed E-state index contributed by atoms with van der Waals surface area (Å²) >= 11 is 0. The Kier molecular flexibility index (Phi) is 5.71. The van der Waals surface area contributed by atoms with Gasteiger partial charge in [0.25, 0.3) is 5.91 Å². The zero-order valence-electron chi connectivity index (χ0n) is 16.5. The lowest BCUT2D eigenvalue weighted by atomic mass is 9.94. The van der Waals surface area contributed by atoms with E-state index >= 15 is 0 Å². The third kappa shape index (κ3) is 4.25. The van der Waals surface area contributed by atoms with E-state index in [9.17, 15) is 4.79 Å². The molecule has 0 aromatic heterocycles. The standard InChI is InChI=1S/C22H28N2O3/c1-22(2,24-12-11-16-7-5-6-8-17(16)14-24)15-23-21(25)19-13-18(26-3)9-10-20(19)27-4/h5-10,13H,11-12,14-15H2,1-4H3,(H,23,25). The van der Waals surface area contributed by atoms with E-state index < -0.39 is 0 Å². The van der Waals surface area contributed by atoms with Crippen LogP contribution in [0, 0.1) is 0 Å². The normalized spacial score (nSPS) is 14.4. The lowest BCUT2D eigenvalue weighted by Crippen LogP contribution is -2.53. The Morgan fingerprint density at radius 2 is 1.85 bits per heavy atom. The van der Waals surface area contributed by atoms with E-state index in [4.69, 9.17) is 9.47 Å². The molecular weight excluding hydrogens is 340 g/mol. The van der Waals surface area contributed by atoms with Crippen LogP contribution in [0.1, 0.15) is 35.3 Å². The third-order valence-corrected chi connectivity index (χ3v) is 5.32. The summed E-state index contributed by atoms with van der Waals surface area (Å²) in [7, 11) is 3.15. The number of methoxy groups -OCH3 is 2. The highest BCUT2D eigenvalue weighted by Gasteiger charge is 2.30. The molecule has 1 aliphatic heterocycles. The first kappa shape index (κ1) is 19.2. The highest BCUT2D eigenvalue weighted by atomic mass is 16.5. The van der Waals surface area contributed by atoms with Crippen molar-refractivity contribution in [3.8, 4) is 11.5 Å². The molecule has 0 saturated heterocycles. The van der Waals surface area contributed by atoms with Gasteiger partial charge in [0, 0.05) is 25.2 Å². The van der Waals surface area contributed by atoms with Gasteiger partial charge < -0.3 is 14.8 Å². The van der Waals surface area contributed by atoms with Crippen LogP contribution in [0.2, 0.25) is 0 Å². The predicted molar refractivity (Wildman–Crippen MR) is 107 cm³/mol. The van der Waals surface area contributed by atoms with Crippen molar-refractivity contribution in [3.05, 3.63) is 59.2 Å². The van der Waals surface area contributed by atoms with Gasteiger partial charge in [0.05, 0.1) is 19.8 Å². The number of rotatable bonds is 6. The van der Waals surface area contributed by atoms with Crippen molar-refractivity contribution in [3.63, 3.8) is 0 Å². The summed E-state index contributed by atoms with van der Waals surface area (Å²) in [5.41, 5.74) is 3.12. The highest BCUT2D eigenvalue weighted by molar-refractivity contribution is 5.97. The molecule has 2 aromatic carbocycles. The molecule has 0 atom stereocenters. The Morgan fingerprint density at radius 3 is 2.56 bits per heavy atom. The summed E-state index contributed by atoms with van der Waals surface area (Å²) in [5, 5.41) is 3.07. The molecule has 0 fully saturated rings. The molecule has 0 unspecified atom stereocenters. The molecule has 5 heteroatoms. The Hall–Kier alpha value is -2.53. The fourth-order valence-electron chi connectivity index (χ4n) is 3.51. The lowest BCUT2D eigenvalue weighted by molar-refractivity contribution is 0.0823. The lowest BCUT2D eigenvalue weighted by Gasteiger charge is -2.41. The molecule has 2 aromatic rings. The number of hydrogen-bond donors (Lipinski definition) is 1. The molecular formula is C22H28N2O3. The monoisotopic (exact) mass is 368 g/mol. The van der Waals surface area contributed by atoms with E-state index in [-0.39, 0.29) is 11.4 Å². The van der Waals surface area contributed by atoms with Crippen molar-refractivity contribution in [1.82, 2.24) is 10.2 Å². The minimum absolute atomic E-state index is 0.156. The zero-order chi connectivity index (χ0) is 19.4. The molecule has 1 heterocycles. The van der Waals surface area contributed by atoms with Crippen LogP contribution in [0.25, 0.3) is 0 Å². The first-order valence-corrected chi connectivity index (χ1v) is 9.26. The van der Waals surface area contributed by atoms with Gasteiger partial charge in [0.15, 0.2) is 0 Å². The Balaban J connectivity index is 1.68. The van der Waals surface area contributed by atoms with Gasteiger partial charge in [-0.15, -0.1) is 0 Å². The van der Waals surface area contributed by atoms with E-state index in [2.05, 4.69) is 48.3 Å². The van der Waals surface area contributed by atoms with Crippen LogP contribution < -0.4 is 14.8 Å². The summed E-state index contributed by atoms with van der Waals surface area (Å²) in [6.45, 7) is 6.78. The van der Waals surface area contributed by atoms with Gasteiger partial charge in [-0.25, -0.2) is 0 Å². The maximum atomic E-state index is 12.8. The van der Waals surface area contributed by atoms with Crippen LogP contribution in [0.15, 0.2) is 42.5 Å². The van der Waals surface area contributed by atoms with E-state index in [1.165, 1.54) is 11.1 Å². The van der Waals surface area contributed by atoms with E-state index in [0.717, 1.165) is 19.5 Å². The third-order valence-electron chi connectivity index (χ3n) is 5.32. The van der Waals surface area contributed by atoms with Gasteiger partial charge >= 0.3 is 0 Å². The minimum atomic E-state index is -0.157. The van der Waals surface area contributed by atoms with Gasteiger partial charge in [0.2, 0.25) is 0 Å². The first-order valence-electron chi connectivity index (χ1n) is 9.26. The molecule has 144 valence electrons. The van der Waals surface area contributed by atoms with Crippen LogP contribution in [0.3, 0.4) is 0 Å². The van der Waals surface area contributed by atoms with E-state index in [1.54, 1.807) is 32.4 Å². The van der Waals surface area contributed by atoms with Gasteiger partial charge in [-0.2, -0.15) is 0 Å². The summed E-state index contributed by atoms with van der Waals surface area (Å²) in [6.07, 6.45) is 1.04. The molecule has 1 N–H and O–H groups in total. The van der Waals surface area contributed by atoms with Gasteiger partial charge in [0.1, 0.15) is 11.5 Å². The number of carbonyl (C=O) groups excluding carboxylic acids is 1. The summed E-state index contributed by atoms with van der Waals surface area (Å²) in [4.78, 5) is 15.2. The number of carbonyl (C=O) groups is 1. The number of nitrogens with one attached hydrogen (secondary N) is 1. The van der Waals surface area contributed by atoms with Crippen LogP contribution in [0.5, 0.6) is 11.5 Å². The van der Waals surface area contributed by atoms with Crippen molar-refractivity contribution in [2.75, 3.05) is 27.3 Å². The zero-order valence-corrected chi connectivity index (χ0v) is 16.5. The van der Waals surface area contributed by atoms with Crippen LogP contribution in [-0.2, 0) is 13.0 Å². The quantitative estimate of drug-likeness (QED) is 0.850. The second kappa shape index (κ2) is 8.01. The number of benzene rings is 2. The fraction of sp³-hybridized carbons (Fsp3) is 0.409. The van der Waals surface area contributed by atoms with Crippen molar-refractivity contribution in [1.29, 1.82) is 0 Å². The van der Waals surface area contributed by atoms with Gasteiger partial charge in [-0.3, -0.25) is 9.69 Å². The number of amides is 1. The second-order valence-electron chi connectivity index (χ2n) is 7.50. The van der Waals surface area contributed by atoms with Crippen LogP contribution >= 0.6 is 0 Å². The number of fused-ring (bicyclic) bond motifs is 1. The minimum Gasteiger partial charge on any atom is -0.497 e. The highest BCUT2D eigenvalue weighted by Crippen LogP contribution is 2.26. The summed E-state index contributed by atoms with van der Waals surface area (Å²) < 4.78 is 10.6. The van der Waals surface area contributed by atoms with Crippen molar-refractivity contribution >= 4 is 5.91 Å². The summed E-state index contributed by atoms with van der Waals surface area (Å²) in [5.74, 6) is 1.02. The Bertz CT molecular complexity index is 817. The molecule has 0 spiro atoms. The average Bonchev–Trinajstić information content (AvgIpc) is 2.71. The second-order valence-corrected chi connectivity index (χ2v) is 7.50. The maximum absolute atomic E-state index is 12.8. The molecule has 27 heavy (non-hydrogen) atoms. The Morgan fingerprint density at radius 1 is 1.11 bits per heavy atom. The van der Waals surface area contributed by atoms with Gasteiger partial charge in [-0.1, -0.05) is 24.3 Å². The fourth-order valence-corrected chi connectivity index (χ4v) is 3.51. The first-order chi connectivity index (χ1) is 12.9. The van der Waals surface area contributed by atoms with Crippen LogP contribution in [-0.4, -0.2) is 43.7 Å². The maximum Gasteiger partial charge on any atom is 0.255 e. The Labute approximate surface area is 161 Å². The number of ether oxygens (including phenoxy) is 2. The van der Waals surface area contributed by atoms with Crippen LogP contribution in [0.4, 0.5) is 0 Å². The van der Waals surface area contributed by atoms with Crippen molar-refractivity contribution in [2.24, 2.45) is 0 Å². The topological polar surface area (TPSA) is 50.8 Å². The van der Waals surface area contributed by atoms with Crippen molar-refractivity contribution < 1.29 is 14.3 Å². The number of nitrogens with zero attached hydrogens (tertiary/aromatic N) is 1. The average molecular weight is 368 g/mol. The molecule has 1 aliphatic rings. The van der Waals surface area contributed by atoms with Gasteiger partial charge in [-0.05, 0) is 49.6 Å². The molecule has 0 aliphatic carbocycles. The largest absolute Gasteiger partial charge is 0.497 e. The SMILES string of the molecule is COc1ccc(OC)c(C(=O)NCC(C)(C)N2CCc3ccccc3C2)c1. The van der Waals surface area contributed by atoms with E-state index in [0.29, 0.717) is 23.6 Å². The predicted octanol–water partition coefficient (Wildman–Crippen LogP) is 3.27. The molecule has 3 rings (SSSR count). The summed E-state index contributed by atoms with van der Waals surface area (Å²) in [6, 6.07) is 13.8. The molecule has 0 radical (unpaired) electrons. The van der Waals surface area contributed by atoms with Crippen molar-refractivity contribution in [2.45, 2.75) is 32.4 Å².